The second-order valence-electron chi connectivity index (χ2n) is 15.2. The van der Waals surface area contributed by atoms with Gasteiger partial charge in [0.15, 0.2) is 0 Å². The Morgan fingerprint density at radius 2 is 1.64 bits per heavy atom. The van der Waals surface area contributed by atoms with Gasteiger partial charge in [0, 0.05) is 19.5 Å². The molecule has 42 heavy (non-hydrogen) atoms. The number of halogens is 2. The summed E-state index contributed by atoms with van der Waals surface area (Å²) in [7, 11) is 0. The van der Waals surface area contributed by atoms with Gasteiger partial charge >= 0.3 is 6.09 Å². The number of fused-ring (bicyclic) bond motifs is 5. The van der Waals surface area contributed by atoms with Gasteiger partial charge in [-0.1, -0.05) is 65.5 Å². The number of unbranched alkanes of at least 4 members (excludes halogenated alkanes) is 1. The van der Waals surface area contributed by atoms with Crippen LogP contribution in [-0.4, -0.2) is 43.3 Å². The fraction of sp³-hybridized carbons (Fsp3) is 0.914. The summed E-state index contributed by atoms with van der Waals surface area (Å²) in [5.74, 6) is 5.13. The van der Waals surface area contributed by atoms with Crippen molar-refractivity contribution in [2.24, 2.45) is 57.8 Å². The monoisotopic (exact) mass is 629 g/mol. The SMILES string of the molecule is CC(C)CCC[C@@H](C)[C@H]1CC[C@H]2[C@@H]3CC=C4C[C@@H](OC(=O)N(CCCN)CCCCN)CC[C@]4(C)[C@H]3CC[C@]12C.Cl.Cl. The van der Waals surface area contributed by atoms with E-state index in [2.05, 4.69) is 40.7 Å². The largest absolute Gasteiger partial charge is 0.446 e. The minimum absolute atomic E-state index is 0. The molecule has 4 aliphatic carbocycles. The second-order valence-corrected chi connectivity index (χ2v) is 15.2. The Morgan fingerprint density at radius 1 is 0.929 bits per heavy atom. The maximum absolute atomic E-state index is 13.1. The van der Waals surface area contributed by atoms with Gasteiger partial charge in [-0.15, -0.1) is 24.8 Å². The highest BCUT2D eigenvalue weighted by Gasteiger charge is 2.59. The molecule has 4 aliphatic rings. The third-order valence-electron chi connectivity index (χ3n) is 12.3. The summed E-state index contributed by atoms with van der Waals surface area (Å²) in [5.41, 5.74) is 13.8. The topological polar surface area (TPSA) is 81.6 Å². The van der Waals surface area contributed by atoms with E-state index in [4.69, 9.17) is 16.2 Å². The predicted octanol–water partition coefficient (Wildman–Crippen LogP) is 8.77. The van der Waals surface area contributed by atoms with Crippen molar-refractivity contribution >= 4 is 30.9 Å². The zero-order chi connectivity index (χ0) is 28.9. The van der Waals surface area contributed by atoms with Gasteiger partial charge in [-0.25, -0.2) is 4.79 Å². The van der Waals surface area contributed by atoms with E-state index < -0.39 is 0 Å². The smallest absolute Gasteiger partial charge is 0.410 e. The van der Waals surface area contributed by atoms with Crippen molar-refractivity contribution in [2.75, 3.05) is 26.2 Å². The molecule has 8 atom stereocenters. The van der Waals surface area contributed by atoms with Crippen LogP contribution in [0.3, 0.4) is 0 Å². The molecule has 0 aromatic carbocycles. The Kier molecular flexibility index (Phi) is 15.0. The molecule has 3 saturated carbocycles. The Hall–Kier alpha value is -0.490. The molecule has 0 radical (unpaired) electrons. The van der Waals surface area contributed by atoms with Crippen molar-refractivity contribution in [3.05, 3.63) is 11.6 Å². The molecule has 7 heteroatoms. The number of carbonyl (C=O) groups is 1. The molecule has 1 amide bonds. The average Bonchev–Trinajstić information content (AvgIpc) is 3.28. The summed E-state index contributed by atoms with van der Waals surface area (Å²) < 4.78 is 6.16. The van der Waals surface area contributed by atoms with Crippen LogP contribution in [0.1, 0.15) is 125 Å². The summed E-state index contributed by atoms with van der Waals surface area (Å²) >= 11 is 0. The fourth-order valence-electron chi connectivity index (χ4n) is 9.99. The van der Waals surface area contributed by atoms with Crippen molar-refractivity contribution in [1.29, 1.82) is 0 Å². The molecule has 0 aliphatic heterocycles. The number of ether oxygens (including phenoxy) is 1. The Morgan fingerprint density at radius 3 is 2.33 bits per heavy atom. The molecular formula is C35H65Cl2N3O2. The third-order valence-corrected chi connectivity index (χ3v) is 12.3. The standard InChI is InChI=1S/C35H63N3O2.2ClH/c1-25(2)10-8-11-26(3)30-14-15-31-29-13-12-27-24-28(16-18-34(27,4)32(29)17-19-35(30,31)5)40-33(39)38(23-9-21-37)22-7-6-20-36;;/h12,25-26,28-32H,6-11,13-24,36-37H2,1-5H3;2*1H/t26-,28+,29+,30-,31+,32+,34+,35-;;/m1../s1. The van der Waals surface area contributed by atoms with Gasteiger partial charge in [-0.3, -0.25) is 0 Å². The second kappa shape index (κ2) is 16.7. The highest BCUT2D eigenvalue weighted by Crippen LogP contribution is 2.67. The van der Waals surface area contributed by atoms with Crippen LogP contribution in [0, 0.1) is 46.3 Å². The summed E-state index contributed by atoms with van der Waals surface area (Å²) in [6.45, 7) is 15.2. The maximum atomic E-state index is 13.1. The van der Waals surface area contributed by atoms with Gasteiger partial charge in [0.1, 0.15) is 6.10 Å². The first-order valence-corrected chi connectivity index (χ1v) is 17.2. The molecule has 0 aromatic heterocycles. The van der Waals surface area contributed by atoms with Crippen LogP contribution in [0.15, 0.2) is 11.6 Å². The highest BCUT2D eigenvalue weighted by atomic mass is 35.5. The van der Waals surface area contributed by atoms with Crippen molar-refractivity contribution < 1.29 is 9.53 Å². The van der Waals surface area contributed by atoms with E-state index in [1.165, 1.54) is 51.4 Å². The van der Waals surface area contributed by atoms with E-state index in [0.717, 1.165) is 74.0 Å². The van der Waals surface area contributed by atoms with Crippen LogP contribution in [0.4, 0.5) is 4.79 Å². The molecule has 3 fully saturated rings. The van der Waals surface area contributed by atoms with Crippen molar-refractivity contribution in [3.8, 4) is 0 Å². The number of hydrogen-bond donors (Lipinski definition) is 2. The lowest BCUT2D eigenvalue weighted by Crippen LogP contribution is -2.51. The minimum Gasteiger partial charge on any atom is -0.446 e. The average molecular weight is 631 g/mol. The first-order chi connectivity index (χ1) is 19.1. The molecule has 4 rings (SSSR count). The highest BCUT2D eigenvalue weighted by molar-refractivity contribution is 5.85. The number of nitrogens with two attached hydrogens (primary N) is 2. The summed E-state index contributed by atoms with van der Waals surface area (Å²) in [6.07, 6.45) is 19.3. The Balaban J connectivity index is 0.00000308. The lowest BCUT2D eigenvalue weighted by molar-refractivity contribution is -0.0593. The molecular weight excluding hydrogens is 565 g/mol. The summed E-state index contributed by atoms with van der Waals surface area (Å²) in [6, 6.07) is 0. The van der Waals surface area contributed by atoms with Crippen LogP contribution in [0.25, 0.3) is 0 Å². The molecule has 0 unspecified atom stereocenters. The van der Waals surface area contributed by atoms with Gasteiger partial charge in [-0.05, 0) is 124 Å². The molecule has 0 heterocycles. The number of amides is 1. The van der Waals surface area contributed by atoms with Gasteiger partial charge in [-0.2, -0.15) is 0 Å². The van der Waals surface area contributed by atoms with Crippen LogP contribution in [0.2, 0.25) is 0 Å². The van der Waals surface area contributed by atoms with Crippen LogP contribution >= 0.6 is 24.8 Å². The van der Waals surface area contributed by atoms with E-state index >= 15 is 0 Å². The van der Waals surface area contributed by atoms with Crippen molar-refractivity contribution in [3.63, 3.8) is 0 Å². The molecule has 0 saturated heterocycles. The van der Waals surface area contributed by atoms with Gasteiger partial charge in [0.2, 0.25) is 0 Å². The zero-order valence-electron chi connectivity index (χ0n) is 27.6. The number of hydrogen-bond acceptors (Lipinski definition) is 4. The van der Waals surface area contributed by atoms with Gasteiger partial charge in [0.25, 0.3) is 0 Å². The van der Waals surface area contributed by atoms with Crippen LogP contribution in [0.5, 0.6) is 0 Å². The first kappa shape index (κ1) is 37.7. The predicted molar refractivity (Wildman–Crippen MR) is 181 cm³/mol. The Bertz CT molecular complexity index is 869. The van der Waals surface area contributed by atoms with Gasteiger partial charge < -0.3 is 21.1 Å². The van der Waals surface area contributed by atoms with E-state index in [1.54, 1.807) is 5.57 Å². The van der Waals surface area contributed by atoms with Crippen LogP contribution < -0.4 is 11.5 Å². The van der Waals surface area contributed by atoms with Crippen molar-refractivity contribution in [2.45, 2.75) is 131 Å². The zero-order valence-corrected chi connectivity index (χ0v) is 29.2. The van der Waals surface area contributed by atoms with E-state index in [9.17, 15) is 4.79 Å². The molecule has 0 aromatic rings. The summed E-state index contributed by atoms with van der Waals surface area (Å²) in [4.78, 5) is 15.0. The van der Waals surface area contributed by atoms with Gasteiger partial charge in [0.05, 0.1) is 0 Å². The quantitative estimate of drug-likeness (QED) is 0.157. The molecule has 4 N–H and O–H groups in total. The molecule has 0 spiro atoms. The van der Waals surface area contributed by atoms with E-state index in [-0.39, 0.29) is 42.4 Å². The number of carbonyl (C=O) groups excluding carboxylic acids is 1. The lowest BCUT2D eigenvalue weighted by Gasteiger charge is -2.58. The first-order valence-electron chi connectivity index (χ1n) is 17.2. The number of allylic oxidation sites excluding steroid dienone is 1. The molecule has 246 valence electrons. The fourth-order valence-corrected chi connectivity index (χ4v) is 9.99. The number of nitrogens with zero attached hydrogens (tertiary/aromatic N) is 1. The third kappa shape index (κ3) is 8.20. The molecule has 0 bridgehead atoms. The molecule has 5 nitrogen and oxygen atoms in total. The lowest BCUT2D eigenvalue weighted by atomic mass is 9.47. The van der Waals surface area contributed by atoms with E-state index in [1.807, 2.05) is 4.90 Å². The Labute approximate surface area is 270 Å². The normalized spacial score (nSPS) is 34.2. The van der Waals surface area contributed by atoms with Crippen LogP contribution in [-0.2, 0) is 4.74 Å². The number of rotatable bonds is 13. The van der Waals surface area contributed by atoms with E-state index in [0.29, 0.717) is 31.6 Å². The maximum Gasteiger partial charge on any atom is 0.410 e. The van der Waals surface area contributed by atoms with Crippen molar-refractivity contribution in [1.82, 2.24) is 4.90 Å². The minimum atomic E-state index is -0.152. The summed E-state index contributed by atoms with van der Waals surface area (Å²) in [5, 5.41) is 0.